The van der Waals surface area contributed by atoms with Crippen LogP contribution in [0, 0.1) is 11.3 Å². The molecule has 3 heteroatoms. The largest absolute Gasteiger partial charge is 0.389 e. The maximum Gasteiger partial charge on any atom is 0.228 e. The van der Waals surface area contributed by atoms with Crippen LogP contribution in [0.1, 0.15) is 54.9 Å². The highest BCUT2D eigenvalue weighted by Crippen LogP contribution is 2.28. The molecule has 1 N–H and O–H groups in total. The highest BCUT2D eigenvalue weighted by molar-refractivity contribution is 5.82. The van der Waals surface area contributed by atoms with Crippen molar-refractivity contribution in [2.24, 2.45) is 11.3 Å². The van der Waals surface area contributed by atoms with Gasteiger partial charge in [-0.2, -0.15) is 0 Å². The third-order valence-corrected chi connectivity index (χ3v) is 2.74. The molecule has 1 amide bonds. The van der Waals surface area contributed by atoms with Gasteiger partial charge in [-0.05, 0) is 33.1 Å². The molecule has 0 aromatic heterocycles. The van der Waals surface area contributed by atoms with Gasteiger partial charge < -0.3 is 10.0 Å². The Kier molecular flexibility index (Phi) is 5.66. The number of rotatable bonds is 6. The predicted molar refractivity (Wildman–Crippen MR) is 71.8 cm³/mol. The van der Waals surface area contributed by atoms with Crippen LogP contribution in [-0.4, -0.2) is 34.6 Å². The van der Waals surface area contributed by atoms with E-state index in [-0.39, 0.29) is 11.3 Å². The topological polar surface area (TPSA) is 40.5 Å². The first kappa shape index (κ1) is 16.4. The second-order valence-corrected chi connectivity index (χ2v) is 6.61. The van der Waals surface area contributed by atoms with E-state index in [0.29, 0.717) is 19.0 Å². The fraction of sp³-hybridized carbons (Fsp3) is 0.929. The van der Waals surface area contributed by atoms with Crippen molar-refractivity contribution in [2.45, 2.75) is 60.5 Å². The molecule has 0 saturated heterocycles. The van der Waals surface area contributed by atoms with Gasteiger partial charge in [0.05, 0.1) is 5.60 Å². The Balaban J connectivity index is 4.74. The zero-order valence-electron chi connectivity index (χ0n) is 12.5. The lowest BCUT2D eigenvalue weighted by Crippen LogP contribution is -2.47. The molecule has 102 valence electrons. The molecule has 0 aromatic carbocycles. The minimum Gasteiger partial charge on any atom is -0.389 e. The number of carbonyl (C=O) groups excluding carboxylic acids is 1. The smallest absolute Gasteiger partial charge is 0.228 e. The fourth-order valence-electron chi connectivity index (χ4n) is 2.33. The Morgan fingerprint density at radius 2 is 1.71 bits per heavy atom. The van der Waals surface area contributed by atoms with E-state index in [1.807, 2.05) is 20.8 Å². The molecule has 0 fully saturated rings. The normalized spacial score (nSPS) is 13.0. The van der Waals surface area contributed by atoms with Crippen LogP contribution < -0.4 is 0 Å². The molecule has 0 bridgehead atoms. The van der Waals surface area contributed by atoms with Gasteiger partial charge in [0.2, 0.25) is 5.91 Å². The summed E-state index contributed by atoms with van der Waals surface area (Å²) in [5.74, 6) is 0.630. The van der Waals surface area contributed by atoms with Crippen molar-refractivity contribution in [1.82, 2.24) is 4.90 Å². The van der Waals surface area contributed by atoms with E-state index in [2.05, 4.69) is 13.8 Å². The molecule has 0 aliphatic carbocycles. The number of amides is 1. The van der Waals surface area contributed by atoms with Crippen LogP contribution in [0.25, 0.3) is 0 Å². The molecular weight excluding hydrogens is 214 g/mol. The summed E-state index contributed by atoms with van der Waals surface area (Å²) in [6.45, 7) is 14.7. The van der Waals surface area contributed by atoms with Crippen LogP contribution in [0.3, 0.4) is 0 Å². The van der Waals surface area contributed by atoms with Crippen LogP contribution in [0.2, 0.25) is 0 Å². The Hall–Kier alpha value is -0.570. The van der Waals surface area contributed by atoms with Gasteiger partial charge in [0.25, 0.3) is 0 Å². The van der Waals surface area contributed by atoms with Gasteiger partial charge in [0.1, 0.15) is 0 Å². The van der Waals surface area contributed by atoms with E-state index in [0.717, 1.165) is 6.42 Å². The molecule has 3 nitrogen and oxygen atoms in total. The first-order valence-electron chi connectivity index (χ1n) is 6.51. The average molecular weight is 243 g/mol. The van der Waals surface area contributed by atoms with E-state index in [4.69, 9.17) is 0 Å². The van der Waals surface area contributed by atoms with Crippen molar-refractivity contribution in [1.29, 1.82) is 0 Å². The Labute approximate surface area is 106 Å². The lowest BCUT2D eigenvalue weighted by Gasteiger charge is -2.35. The molecule has 0 spiro atoms. The van der Waals surface area contributed by atoms with Gasteiger partial charge in [0, 0.05) is 18.5 Å². The zero-order valence-corrected chi connectivity index (χ0v) is 12.5. The Morgan fingerprint density at radius 3 is 2.00 bits per heavy atom. The first-order chi connectivity index (χ1) is 7.49. The molecule has 0 atom stereocenters. The molecule has 0 saturated carbocycles. The van der Waals surface area contributed by atoms with Gasteiger partial charge in [0.15, 0.2) is 0 Å². The molecular formula is C14H29NO2. The van der Waals surface area contributed by atoms with Crippen LogP contribution in [0.5, 0.6) is 0 Å². The zero-order chi connectivity index (χ0) is 13.9. The standard InChI is InChI=1S/C14H29NO2/c1-8-15(10-14(6,7)17)12(16)13(4,5)9-11(2)3/h11,17H,8-10H2,1-7H3. The van der Waals surface area contributed by atoms with Gasteiger partial charge in [-0.15, -0.1) is 0 Å². The summed E-state index contributed by atoms with van der Waals surface area (Å²) in [6, 6.07) is 0. The van der Waals surface area contributed by atoms with Gasteiger partial charge in [-0.3, -0.25) is 4.79 Å². The summed E-state index contributed by atoms with van der Waals surface area (Å²) in [5.41, 5.74) is -1.19. The van der Waals surface area contributed by atoms with Crippen molar-refractivity contribution in [2.75, 3.05) is 13.1 Å². The van der Waals surface area contributed by atoms with Crippen molar-refractivity contribution in [3.05, 3.63) is 0 Å². The number of carbonyl (C=O) groups is 1. The summed E-state index contributed by atoms with van der Waals surface area (Å²) < 4.78 is 0. The summed E-state index contributed by atoms with van der Waals surface area (Å²) in [6.07, 6.45) is 0.869. The van der Waals surface area contributed by atoms with Gasteiger partial charge in [-0.25, -0.2) is 0 Å². The number of aliphatic hydroxyl groups is 1. The van der Waals surface area contributed by atoms with E-state index in [1.54, 1.807) is 18.7 Å². The monoisotopic (exact) mass is 243 g/mol. The predicted octanol–water partition coefficient (Wildman–Crippen LogP) is 2.68. The summed E-state index contributed by atoms with van der Waals surface area (Å²) >= 11 is 0. The second kappa shape index (κ2) is 5.85. The van der Waals surface area contributed by atoms with E-state index in [9.17, 15) is 9.90 Å². The molecule has 0 heterocycles. The maximum atomic E-state index is 12.4. The van der Waals surface area contributed by atoms with Crippen LogP contribution in [0.4, 0.5) is 0 Å². The van der Waals surface area contributed by atoms with Crippen LogP contribution in [-0.2, 0) is 4.79 Å². The number of hydrogen-bond acceptors (Lipinski definition) is 2. The Morgan fingerprint density at radius 1 is 1.24 bits per heavy atom. The minimum atomic E-state index is -0.834. The van der Waals surface area contributed by atoms with E-state index >= 15 is 0 Å². The summed E-state index contributed by atoms with van der Waals surface area (Å²) in [4.78, 5) is 14.2. The molecule has 0 rings (SSSR count). The quantitative estimate of drug-likeness (QED) is 0.779. The summed E-state index contributed by atoms with van der Waals surface area (Å²) in [5, 5.41) is 9.82. The van der Waals surface area contributed by atoms with E-state index < -0.39 is 5.60 Å². The molecule has 0 aliphatic heterocycles. The highest BCUT2D eigenvalue weighted by Gasteiger charge is 2.33. The van der Waals surface area contributed by atoms with Crippen molar-refractivity contribution >= 4 is 5.91 Å². The highest BCUT2D eigenvalue weighted by atomic mass is 16.3. The summed E-state index contributed by atoms with van der Waals surface area (Å²) in [7, 11) is 0. The SMILES string of the molecule is CCN(CC(C)(C)O)C(=O)C(C)(C)CC(C)C. The van der Waals surface area contributed by atoms with Gasteiger partial charge in [-0.1, -0.05) is 27.7 Å². The van der Waals surface area contributed by atoms with Crippen LogP contribution >= 0.6 is 0 Å². The van der Waals surface area contributed by atoms with Crippen molar-refractivity contribution < 1.29 is 9.90 Å². The second-order valence-electron chi connectivity index (χ2n) is 6.61. The Bertz CT molecular complexity index is 251. The first-order valence-corrected chi connectivity index (χ1v) is 6.51. The van der Waals surface area contributed by atoms with Gasteiger partial charge >= 0.3 is 0 Å². The number of likely N-dealkylation sites (N-methyl/N-ethyl adjacent to an activating group) is 1. The molecule has 0 radical (unpaired) electrons. The third-order valence-electron chi connectivity index (χ3n) is 2.74. The van der Waals surface area contributed by atoms with Crippen LogP contribution in [0.15, 0.2) is 0 Å². The number of nitrogens with zero attached hydrogens (tertiary/aromatic N) is 1. The van der Waals surface area contributed by atoms with Crippen molar-refractivity contribution in [3.8, 4) is 0 Å². The lowest BCUT2D eigenvalue weighted by atomic mass is 9.82. The minimum absolute atomic E-state index is 0.135. The van der Waals surface area contributed by atoms with E-state index in [1.165, 1.54) is 0 Å². The molecule has 0 aliphatic rings. The lowest BCUT2D eigenvalue weighted by molar-refractivity contribution is -0.144. The number of hydrogen-bond donors (Lipinski definition) is 1. The fourth-order valence-corrected chi connectivity index (χ4v) is 2.33. The van der Waals surface area contributed by atoms with Crippen molar-refractivity contribution in [3.63, 3.8) is 0 Å². The maximum absolute atomic E-state index is 12.4. The third kappa shape index (κ3) is 6.06. The molecule has 0 aromatic rings. The molecule has 17 heavy (non-hydrogen) atoms. The molecule has 0 unspecified atom stereocenters. The average Bonchev–Trinajstić information content (AvgIpc) is 2.09.